The minimum absolute atomic E-state index is 0.169. The Morgan fingerprint density at radius 2 is 0.537 bits per heavy atom. The molecule has 0 N–H and O–H groups in total. The van der Waals surface area contributed by atoms with Crippen LogP contribution < -0.4 is 0 Å². The third kappa shape index (κ3) is 51.4. The molecule has 0 saturated carbocycles. The van der Waals surface area contributed by atoms with Crippen LogP contribution in [-0.4, -0.2) is 37.2 Å². The second kappa shape index (κ2) is 53.1. The first-order valence-corrected chi connectivity index (χ1v) is 25.3. The maximum Gasteiger partial charge on any atom is 0.306 e. The van der Waals surface area contributed by atoms with Gasteiger partial charge in [0.2, 0.25) is 0 Å². The van der Waals surface area contributed by atoms with Gasteiger partial charge in [0, 0.05) is 19.3 Å². The first kappa shape index (κ1) is 61.5. The summed E-state index contributed by atoms with van der Waals surface area (Å²) in [7, 11) is 0. The van der Waals surface area contributed by atoms with Gasteiger partial charge in [0.1, 0.15) is 13.2 Å². The lowest BCUT2D eigenvalue weighted by molar-refractivity contribution is -0.166. The molecule has 0 aliphatic rings. The third-order valence-electron chi connectivity index (χ3n) is 9.41. The predicted octanol–water partition coefficient (Wildman–Crippen LogP) is 17.0. The highest BCUT2D eigenvalue weighted by atomic mass is 16.6. The first-order chi connectivity index (χ1) is 33.0. The molecule has 0 aliphatic carbocycles. The molecule has 0 aromatic heterocycles. The summed E-state index contributed by atoms with van der Waals surface area (Å²) < 4.78 is 16.6. The molecule has 6 nitrogen and oxygen atoms in total. The van der Waals surface area contributed by atoms with Crippen molar-refractivity contribution in [1.29, 1.82) is 0 Å². The molecule has 0 rings (SSSR count). The summed E-state index contributed by atoms with van der Waals surface area (Å²) in [6, 6.07) is 0. The second-order valence-corrected chi connectivity index (χ2v) is 15.6. The fourth-order valence-corrected chi connectivity index (χ4v) is 5.75. The Kier molecular flexibility index (Phi) is 48.8. The highest BCUT2D eigenvalue weighted by Crippen LogP contribution is 2.07. The number of allylic oxidation sites excluding steroid dienone is 30. The van der Waals surface area contributed by atoms with Crippen LogP contribution in [0, 0.1) is 0 Å². The van der Waals surface area contributed by atoms with Gasteiger partial charge in [-0.3, -0.25) is 14.4 Å². The van der Waals surface area contributed by atoms with E-state index in [1.807, 2.05) is 24.3 Å². The summed E-state index contributed by atoms with van der Waals surface area (Å²) >= 11 is 0. The van der Waals surface area contributed by atoms with Crippen LogP contribution in [0.1, 0.15) is 162 Å². The van der Waals surface area contributed by atoms with Crippen LogP contribution >= 0.6 is 0 Å². The quantitative estimate of drug-likeness (QED) is 0.0263. The van der Waals surface area contributed by atoms with E-state index in [9.17, 15) is 14.4 Å². The van der Waals surface area contributed by atoms with Crippen LogP contribution in [-0.2, 0) is 28.6 Å². The van der Waals surface area contributed by atoms with Gasteiger partial charge in [0.05, 0.1) is 0 Å². The van der Waals surface area contributed by atoms with E-state index in [1.165, 1.54) is 0 Å². The van der Waals surface area contributed by atoms with Crippen LogP contribution in [0.2, 0.25) is 0 Å². The Morgan fingerprint density at radius 1 is 0.299 bits per heavy atom. The van der Waals surface area contributed by atoms with Gasteiger partial charge in [0.25, 0.3) is 0 Å². The lowest BCUT2D eigenvalue weighted by Crippen LogP contribution is -2.30. The molecule has 6 heteroatoms. The second-order valence-electron chi connectivity index (χ2n) is 15.6. The number of unbranched alkanes of at least 4 members (excludes halogenated alkanes) is 1. The Bertz CT molecular complexity index is 1670. The average molecular weight is 917 g/mol. The number of ether oxygens (including phenoxy) is 3. The molecule has 368 valence electrons. The van der Waals surface area contributed by atoms with Crippen LogP contribution in [0.25, 0.3) is 0 Å². The molecular formula is C61H88O6. The van der Waals surface area contributed by atoms with Crippen LogP contribution in [0.3, 0.4) is 0 Å². The normalized spacial score (nSPS) is 13.7. The molecule has 0 bridgehead atoms. The number of hydrogen-bond acceptors (Lipinski definition) is 6. The van der Waals surface area contributed by atoms with Crippen molar-refractivity contribution in [2.45, 2.75) is 168 Å². The largest absolute Gasteiger partial charge is 0.462 e. The summed E-state index contributed by atoms with van der Waals surface area (Å²) in [6.07, 6.45) is 80.6. The van der Waals surface area contributed by atoms with E-state index in [1.54, 1.807) is 0 Å². The van der Waals surface area contributed by atoms with Gasteiger partial charge < -0.3 is 14.2 Å². The molecule has 1 atom stereocenters. The Labute approximate surface area is 408 Å². The summed E-state index contributed by atoms with van der Waals surface area (Å²) in [5.41, 5.74) is 0. The number of carbonyl (C=O) groups is 3. The molecule has 0 amide bonds. The summed E-state index contributed by atoms with van der Waals surface area (Å²) in [5, 5.41) is 0. The summed E-state index contributed by atoms with van der Waals surface area (Å²) in [5.74, 6) is -1.21. The predicted molar refractivity (Wildman–Crippen MR) is 287 cm³/mol. The standard InChI is InChI=1S/C61H88O6/c1-4-7-10-13-16-19-22-25-26-27-28-29-30-31-32-33-34-37-39-42-45-48-51-54-60(63)66-57-58(67-61(64)55-52-49-46-43-40-36-24-21-18-15-12-9-6-3)56-65-59(62)53-50-47-44-41-38-35-23-20-17-14-11-8-5-2/h7-12,16-21,25-26,28-29,31-32,34-38,40,42,44-47,49,58H,4-6,13-15,22-24,27,30,33,39,41,43,48,50-57H2,1-3H3/b10-7-,11-8-,12-9-,19-16-,20-17-,21-18-,26-25-,29-28-,32-31-,37-34-,38-35-,40-36-,45-42-,47-44-,49-46-. The SMILES string of the molecule is CC/C=C\C/C=C\C/C=C\C/C=C\C/C=C\C/C=C\C/C=C\CCCC(=O)OCC(COC(=O)CC/C=C\C/C=C\C/C=C\C/C=C\CC)OC(=O)CC/C=C\C/C=C\C/C=C\C/C=C\CC. The molecule has 0 radical (unpaired) electrons. The minimum atomic E-state index is -0.878. The van der Waals surface area contributed by atoms with Crippen molar-refractivity contribution < 1.29 is 28.6 Å². The minimum Gasteiger partial charge on any atom is -0.462 e. The fraction of sp³-hybridized carbons (Fsp3) is 0.459. The third-order valence-corrected chi connectivity index (χ3v) is 9.41. The van der Waals surface area contributed by atoms with Gasteiger partial charge in [-0.2, -0.15) is 0 Å². The van der Waals surface area contributed by atoms with E-state index in [0.717, 1.165) is 103 Å². The van der Waals surface area contributed by atoms with E-state index < -0.39 is 18.0 Å². The van der Waals surface area contributed by atoms with Gasteiger partial charge in [-0.1, -0.05) is 203 Å². The van der Waals surface area contributed by atoms with E-state index in [2.05, 4.69) is 179 Å². The zero-order valence-electron chi connectivity index (χ0n) is 41.8. The number of carbonyl (C=O) groups excluding carboxylic acids is 3. The van der Waals surface area contributed by atoms with Crippen LogP contribution in [0.4, 0.5) is 0 Å². The molecule has 0 saturated heterocycles. The Hall–Kier alpha value is -5.49. The smallest absolute Gasteiger partial charge is 0.306 e. The molecule has 67 heavy (non-hydrogen) atoms. The monoisotopic (exact) mass is 917 g/mol. The van der Waals surface area contributed by atoms with Crippen molar-refractivity contribution >= 4 is 17.9 Å². The lowest BCUT2D eigenvalue weighted by atomic mass is 10.2. The molecule has 0 spiro atoms. The Morgan fingerprint density at radius 3 is 0.836 bits per heavy atom. The van der Waals surface area contributed by atoms with E-state index in [4.69, 9.17) is 14.2 Å². The molecule has 1 unspecified atom stereocenters. The van der Waals surface area contributed by atoms with Crippen molar-refractivity contribution in [1.82, 2.24) is 0 Å². The highest BCUT2D eigenvalue weighted by Gasteiger charge is 2.19. The van der Waals surface area contributed by atoms with E-state index in [0.29, 0.717) is 19.3 Å². The zero-order chi connectivity index (χ0) is 48.6. The van der Waals surface area contributed by atoms with Crippen molar-refractivity contribution in [3.05, 3.63) is 182 Å². The first-order valence-electron chi connectivity index (χ1n) is 25.3. The van der Waals surface area contributed by atoms with Crippen molar-refractivity contribution in [3.63, 3.8) is 0 Å². The topological polar surface area (TPSA) is 78.9 Å². The van der Waals surface area contributed by atoms with Gasteiger partial charge in [-0.25, -0.2) is 0 Å². The Balaban J connectivity index is 4.64. The van der Waals surface area contributed by atoms with Crippen molar-refractivity contribution in [2.24, 2.45) is 0 Å². The zero-order valence-corrected chi connectivity index (χ0v) is 41.8. The lowest BCUT2D eigenvalue weighted by Gasteiger charge is -2.18. The van der Waals surface area contributed by atoms with Gasteiger partial charge >= 0.3 is 17.9 Å². The number of esters is 3. The van der Waals surface area contributed by atoms with Gasteiger partial charge in [-0.05, 0) is 122 Å². The van der Waals surface area contributed by atoms with Crippen LogP contribution in [0.5, 0.6) is 0 Å². The highest BCUT2D eigenvalue weighted by molar-refractivity contribution is 5.71. The maximum absolute atomic E-state index is 12.7. The summed E-state index contributed by atoms with van der Waals surface area (Å²) in [6.45, 7) is 6.07. The molecule has 0 aliphatic heterocycles. The van der Waals surface area contributed by atoms with E-state index >= 15 is 0 Å². The van der Waals surface area contributed by atoms with Crippen LogP contribution in [0.15, 0.2) is 182 Å². The molecule has 0 fully saturated rings. The molecular weight excluding hydrogens is 829 g/mol. The van der Waals surface area contributed by atoms with Crippen molar-refractivity contribution in [2.75, 3.05) is 13.2 Å². The van der Waals surface area contributed by atoms with Gasteiger partial charge in [0.15, 0.2) is 6.10 Å². The number of rotatable bonds is 42. The molecule has 0 heterocycles. The summed E-state index contributed by atoms with van der Waals surface area (Å²) in [4.78, 5) is 37.8. The molecule has 0 aromatic carbocycles. The average Bonchev–Trinajstić information content (AvgIpc) is 3.33. The number of hydrogen-bond donors (Lipinski definition) is 0. The fourth-order valence-electron chi connectivity index (χ4n) is 5.75. The van der Waals surface area contributed by atoms with Crippen molar-refractivity contribution in [3.8, 4) is 0 Å². The maximum atomic E-state index is 12.7. The molecule has 0 aromatic rings. The van der Waals surface area contributed by atoms with Gasteiger partial charge in [-0.15, -0.1) is 0 Å². The van der Waals surface area contributed by atoms with E-state index in [-0.39, 0.29) is 38.4 Å².